The highest BCUT2D eigenvalue weighted by molar-refractivity contribution is 14.0. The molecule has 7 heteroatoms. The number of hydrogen-bond acceptors (Lipinski definition) is 4. The van der Waals surface area contributed by atoms with Crippen LogP contribution in [0.2, 0.25) is 0 Å². The number of pyridine rings is 1. The van der Waals surface area contributed by atoms with Crippen LogP contribution in [0.1, 0.15) is 30.4 Å². The fourth-order valence-corrected chi connectivity index (χ4v) is 4.27. The summed E-state index contributed by atoms with van der Waals surface area (Å²) in [4.78, 5) is 16.7. The zero-order valence-electron chi connectivity index (χ0n) is 18.7. The zero-order chi connectivity index (χ0) is 20.8. The molecule has 1 aromatic carbocycles. The van der Waals surface area contributed by atoms with Crippen molar-refractivity contribution in [2.45, 2.75) is 25.8 Å². The third-order valence-corrected chi connectivity index (χ3v) is 6.14. The fourth-order valence-electron chi connectivity index (χ4n) is 4.27. The van der Waals surface area contributed by atoms with E-state index in [1.165, 1.54) is 12.0 Å². The Morgan fingerprint density at radius 2 is 1.84 bits per heavy atom. The minimum absolute atomic E-state index is 0. The van der Waals surface area contributed by atoms with Gasteiger partial charge in [0, 0.05) is 57.9 Å². The molecule has 6 nitrogen and oxygen atoms in total. The van der Waals surface area contributed by atoms with E-state index in [0.717, 1.165) is 63.2 Å². The highest BCUT2D eigenvalue weighted by Gasteiger charge is 2.25. The van der Waals surface area contributed by atoms with Crippen LogP contribution >= 0.6 is 24.0 Å². The van der Waals surface area contributed by atoms with E-state index in [1.54, 1.807) is 0 Å². The number of anilines is 1. The predicted molar refractivity (Wildman–Crippen MR) is 140 cm³/mol. The quantitative estimate of drug-likeness (QED) is 0.362. The Hall–Kier alpha value is -1.87. The molecule has 2 aliphatic heterocycles. The third-order valence-electron chi connectivity index (χ3n) is 6.14. The van der Waals surface area contributed by atoms with Crippen molar-refractivity contribution in [2.75, 3.05) is 57.8 Å². The number of guanidine groups is 1. The number of nitrogens with zero attached hydrogens (tertiary/aromatic N) is 5. The summed E-state index contributed by atoms with van der Waals surface area (Å²) in [5.41, 5.74) is 2.58. The second-order valence-corrected chi connectivity index (χ2v) is 8.33. The van der Waals surface area contributed by atoms with Crippen molar-refractivity contribution in [3.05, 3.63) is 59.8 Å². The molecule has 1 atom stereocenters. The van der Waals surface area contributed by atoms with E-state index in [9.17, 15) is 0 Å². The van der Waals surface area contributed by atoms with Crippen LogP contribution in [-0.4, -0.2) is 73.6 Å². The molecule has 4 rings (SSSR count). The van der Waals surface area contributed by atoms with Crippen molar-refractivity contribution < 1.29 is 0 Å². The molecule has 0 bridgehead atoms. The summed E-state index contributed by atoms with van der Waals surface area (Å²) in [5.74, 6) is 2.67. The maximum absolute atomic E-state index is 4.92. The molecule has 0 aliphatic carbocycles. The maximum Gasteiger partial charge on any atom is 0.194 e. The van der Waals surface area contributed by atoms with Crippen molar-refractivity contribution in [2.24, 2.45) is 4.99 Å². The minimum Gasteiger partial charge on any atom is -0.357 e. The number of aliphatic imine (C=N–C) groups is 1. The van der Waals surface area contributed by atoms with Crippen LogP contribution in [0, 0.1) is 0 Å². The first-order valence-electron chi connectivity index (χ1n) is 11.2. The minimum atomic E-state index is 0. The number of halogens is 1. The molecule has 31 heavy (non-hydrogen) atoms. The number of rotatable bonds is 5. The first-order valence-corrected chi connectivity index (χ1v) is 11.2. The van der Waals surface area contributed by atoms with Gasteiger partial charge in [0.1, 0.15) is 5.82 Å². The molecule has 168 valence electrons. The summed E-state index contributed by atoms with van der Waals surface area (Å²) >= 11 is 0. The average molecular weight is 534 g/mol. The lowest BCUT2D eigenvalue weighted by atomic mass is 9.99. The molecule has 1 unspecified atom stereocenters. The molecular formula is C24H35IN6. The highest BCUT2D eigenvalue weighted by atomic mass is 127. The van der Waals surface area contributed by atoms with E-state index in [-0.39, 0.29) is 24.0 Å². The Morgan fingerprint density at radius 1 is 1.06 bits per heavy atom. The number of hydrogen-bond donors (Lipinski definition) is 1. The Morgan fingerprint density at radius 3 is 2.52 bits per heavy atom. The number of piperazine rings is 1. The van der Waals surface area contributed by atoms with Crippen molar-refractivity contribution >= 4 is 35.8 Å². The summed E-state index contributed by atoms with van der Waals surface area (Å²) in [6.07, 6.45) is 3.16. The van der Waals surface area contributed by atoms with Gasteiger partial charge in [0.2, 0.25) is 0 Å². The van der Waals surface area contributed by atoms with Gasteiger partial charge in [0.15, 0.2) is 5.96 Å². The number of likely N-dealkylation sites (N-methyl/N-ethyl adjacent to an activating group) is 1. The largest absolute Gasteiger partial charge is 0.357 e. The second-order valence-electron chi connectivity index (χ2n) is 8.33. The highest BCUT2D eigenvalue weighted by Crippen LogP contribution is 2.27. The van der Waals surface area contributed by atoms with Crippen molar-refractivity contribution in [3.63, 3.8) is 0 Å². The molecule has 2 aliphatic rings. The lowest BCUT2D eigenvalue weighted by Crippen LogP contribution is -2.44. The molecule has 0 amide bonds. The van der Waals surface area contributed by atoms with Gasteiger partial charge in [-0.05, 0) is 37.6 Å². The van der Waals surface area contributed by atoms with Crippen LogP contribution in [0.4, 0.5) is 5.82 Å². The lowest BCUT2D eigenvalue weighted by molar-refractivity contribution is 0.312. The van der Waals surface area contributed by atoms with Gasteiger partial charge in [-0.25, -0.2) is 9.98 Å². The molecule has 2 aromatic rings. The normalized spacial score (nSPS) is 19.9. The number of benzene rings is 1. The van der Waals surface area contributed by atoms with Crippen LogP contribution in [0.3, 0.4) is 0 Å². The molecule has 3 heterocycles. The zero-order valence-corrected chi connectivity index (χ0v) is 21.0. The molecule has 0 radical (unpaired) electrons. The number of aromatic nitrogens is 1. The van der Waals surface area contributed by atoms with Gasteiger partial charge in [-0.3, -0.25) is 0 Å². The monoisotopic (exact) mass is 534 g/mol. The fraction of sp³-hybridized carbons (Fsp3) is 0.500. The van der Waals surface area contributed by atoms with Gasteiger partial charge >= 0.3 is 0 Å². The summed E-state index contributed by atoms with van der Waals surface area (Å²) in [5, 5.41) is 3.48. The molecule has 2 fully saturated rings. The Kier molecular flexibility index (Phi) is 8.95. The van der Waals surface area contributed by atoms with Crippen LogP contribution < -0.4 is 10.2 Å². The molecule has 0 saturated carbocycles. The number of likely N-dealkylation sites (tertiary alicyclic amines) is 1. The maximum atomic E-state index is 4.92. The number of nitrogens with one attached hydrogen (secondary N) is 1. The first kappa shape index (κ1) is 23.8. The van der Waals surface area contributed by atoms with Gasteiger partial charge < -0.3 is 20.0 Å². The summed E-state index contributed by atoms with van der Waals surface area (Å²) in [6, 6.07) is 15.2. The summed E-state index contributed by atoms with van der Waals surface area (Å²) < 4.78 is 0. The van der Waals surface area contributed by atoms with E-state index in [4.69, 9.17) is 9.98 Å². The van der Waals surface area contributed by atoms with Gasteiger partial charge in [0.25, 0.3) is 0 Å². The first-order chi connectivity index (χ1) is 14.7. The van der Waals surface area contributed by atoms with Crippen LogP contribution in [0.15, 0.2) is 53.7 Å². The lowest BCUT2D eigenvalue weighted by Gasteiger charge is -2.33. The van der Waals surface area contributed by atoms with Gasteiger partial charge in [-0.15, -0.1) is 24.0 Å². The SMILES string of the molecule is CCNC(=NCc1ccc(N2CCN(C)CC2)nc1)N1CCC(c2ccccc2)C1.I. The van der Waals surface area contributed by atoms with Crippen LogP contribution in [0.5, 0.6) is 0 Å². The Labute approximate surface area is 203 Å². The van der Waals surface area contributed by atoms with E-state index in [0.29, 0.717) is 12.5 Å². The van der Waals surface area contributed by atoms with Crippen molar-refractivity contribution in [1.82, 2.24) is 20.1 Å². The summed E-state index contributed by atoms with van der Waals surface area (Å²) in [6.45, 7) is 10.0. The predicted octanol–water partition coefficient (Wildman–Crippen LogP) is 3.41. The van der Waals surface area contributed by atoms with Gasteiger partial charge in [-0.1, -0.05) is 36.4 Å². The van der Waals surface area contributed by atoms with Crippen molar-refractivity contribution in [3.8, 4) is 0 Å². The van der Waals surface area contributed by atoms with E-state index in [2.05, 4.69) is 76.5 Å². The van der Waals surface area contributed by atoms with E-state index < -0.39 is 0 Å². The smallest absolute Gasteiger partial charge is 0.194 e. The Bertz CT molecular complexity index is 818. The molecule has 2 saturated heterocycles. The van der Waals surface area contributed by atoms with Gasteiger partial charge in [-0.2, -0.15) is 0 Å². The Balaban J connectivity index is 0.00000272. The molecule has 0 spiro atoms. The molecule has 1 aromatic heterocycles. The van der Waals surface area contributed by atoms with Gasteiger partial charge in [0.05, 0.1) is 6.54 Å². The van der Waals surface area contributed by atoms with Crippen molar-refractivity contribution in [1.29, 1.82) is 0 Å². The molecule has 1 N–H and O–H groups in total. The third kappa shape index (κ3) is 6.32. The standard InChI is InChI=1S/C24H34N6.HI/c1-3-25-24(30-12-11-22(19-30)21-7-5-4-6-8-21)27-18-20-9-10-23(26-17-20)29-15-13-28(2)14-16-29;/h4-10,17,22H,3,11-16,18-19H2,1-2H3,(H,25,27);1H. The van der Waals surface area contributed by atoms with E-state index >= 15 is 0 Å². The summed E-state index contributed by atoms with van der Waals surface area (Å²) in [7, 11) is 2.18. The molecular weight excluding hydrogens is 499 g/mol. The van der Waals surface area contributed by atoms with E-state index in [1.807, 2.05) is 6.20 Å². The topological polar surface area (TPSA) is 47.0 Å². The average Bonchev–Trinajstić information content (AvgIpc) is 3.28. The second kappa shape index (κ2) is 11.7. The van der Waals surface area contributed by atoms with Crippen LogP contribution in [0.25, 0.3) is 0 Å². The van der Waals surface area contributed by atoms with Crippen LogP contribution in [-0.2, 0) is 6.54 Å².